The molecule has 0 radical (unpaired) electrons. The summed E-state index contributed by atoms with van der Waals surface area (Å²) in [5.41, 5.74) is 2.06. The van der Waals surface area contributed by atoms with E-state index in [1.165, 1.54) is 6.33 Å². The zero-order valence-electron chi connectivity index (χ0n) is 10.9. The monoisotopic (exact) mass is 274 g/mol. The van der Waals surface area contributed by atoms with Gasteiger partial charge in [0, 0.05) is 11.1 Å². The Morgan fingerprint density at radius 3 is 2.81 bits per heavy atom. The van der Waals surface area contributed by atoms with Crippen LogP contribution in [0.5, 0.6) is 0 Å². The van der Waals surface area contributed by atoms with Crippen LogP contribution in [0.15, 0.2) is 54.9 Å². The van der Waals surface area contributed by atoms with E-state index in [1.807, 2.05) is 24.3 Å². The van der Waals surface area contributed by atoms with Gasteiger partial charge in [0.05, 0.1) is 17.1 Å². The molecule has 0 bridgehead atoms. The van der Waals surface area contributed by atoms with Gasteiger partial charge < -0.3 is 5.32 Å². The first-order valence-corrected chi connectivity index (χ1v) is 6.29. The number of carbonyl (C=O) groups is 1. The predicted octanol–water partition coefficient (Wildman–Crippen LogP) is 2.75. The third kappa shape index (κ3) is 2.55. The maximum atomic E-state index is 12.3. The van der Waals surface area contributed by atoms with Crippen molar-refractivity contribution in [1.29, 1.82) is 5.26 Å². The van der Waals surface area contributed by atoms with Crippen molar-refractivity contribution in [3.8, 4) is 6.07 Å². The zero-order valence-corrected chi connectivity index (χ0v) is 10.9. The van der Waals surface area contributed by atoms with E-state index in [1.54, 1.807) is 30.3 Å². The number of rotatable bonds is 2. The van der Waals surface area contributed by atoms with E-state index in [9.17, 15) is 4.79 Å². The second-order valence-electron chi connectivity index (χ2n) is 4.39. The summed E-state index contributed by atoms with van der Waals surface area (Å²) >= 11 is 0. The van der Waals surface area contributed by atoms with Gasteiger partial charge in [-0.2, -0.15) is 5.26 Å². The summed E-state index contributed by atoms with van der Waals surface area (Å²) in [5, 5.41) is 12.3. The minimum absolute atomic E-state index is 0.308. The molecule has 0 aliphatic rings. The molecule has 5 heteroatoms. The molecule has 0 atom stereocenters. The van der Waals surface area contributed by atoms with Crippen LogP contribution in [-0.2, 0) is 0 Å². The highest BCUT2D eigenvalue weighted by atomic mass is 16.1. The number of aromatic nitrogens is 2. The molecule has 100 valence electrons. The number of para-hydroxylation sites is 1. The Hall–Kier alpha value is -3.26. The van der Waals surface area contributed by atoms with E-state index in [0.29, 0.717) is 27.8 Å². The van der Waals surface area contributed by atoms with Crippen molar-refractivity contribution in [3.05, 3.63) is 66.1 Å². The van der Waals surface area contributed by atoms with Gasteiger partial charge in [0.25, 0.3) is 5.91 Å². The molecular formula is C16H10N4O. The lowest BCUT2D eigenvalue weighted by Crippen LogP contribution is -2.14. The Morgan fingerprint density at radius 2 is 1.95 bits per heavy atom. The van der Waals surface area contributed by atoms with E-state index >= 15 is 0 Å². The van der Waals surface area contributed by atoms with Crippen LogP contribution < -0.4 is 5.32 Å². The first kappa shape index (κ1) is 12.8. The number of nitrogens with one attached hydrogen (secondary N) is 1. The number of anilines is 1. The summed E-state index contributed by atoms with van der Waals surface area (Å²) in [4.78, 5) is 20.5. The highest BCUT2D eigenvalue weighted by molar-refractivity contribution is 6.10. The molecule has 0 fully saturated rings. The fraction of sp³-hybridized carbons (Fsp3) is 0. The Bertz CT molecular complexity index is 862. The van der Waals surface area contributed by atoms with E-state index in [0.717, 1.165) is 0 Å². The van der Waals surface area contributed by atoms with Crippen molar-refractivity contribution in [2.75, 3.05) is 5.32 Å². The van der Waals surface area contributed by atoms with Gasteiger partial charge in [0.15, 0.2) is 0 Å². The summed E-state index contributed by atoms with van der Waals surface area (Å²) in [6.45, 7) is 0. The zero-order chi connectivity index (χ0) is 14.7. The molecule has 0 saturated carbocycles. The van der Waals surface area contributed by atoms with Gasteiger partial charge in [-0.3, -0.25) is 4.79 Å². The van der Waals surface area contributed by atoms with Gasteiger partial charge in [-0.25, -0.2) is 9.97 Å². The molecule has 0 aliphatic carbocycles. The Morgan fingerprint density at radius 1 is 1.10 bits per heavy atom. The minimum Gasteiger partial charge on any atom is -0.321 e. The third-order valence-electron chi connectivity index (χ3n) is 3.01. The normalized spacial score (nSPS) is 10.0. The van der Waals surface area contributed by atoms with Crippen LogP contribution in [0.4, 0.5) is 5.69 Å². The number of fused-ring (bicyclic) bond motifs is 1. The molecule has 2 aromatic carbocycles. The van der Waals surface area contributed by atoms with Crippen LogP contribution in [0.1, 0.15) is 16.1 Å². The molecule has 21 heavy (non-hydrogen) atoms. The van der Waals surface area contributed by atoms with Crippen molar-refractivity contribution in [2.45, 2.75) is 0 Å². The summed E-state index contributed by atoms with van der Waals surface area (Å²) in [6, 6.07) is 16.1. The number of hydrogen-bond donors (Lipinski definition) is 1. The standard InChI is InChI=1S/C16H10N4O/c17-9-11-4-3-5-12(8-11)20-16(21)15-13-6-1-2-7-14(13)18-10-19-15/h1-8,10H,(H,20,21). The molecule has 1 N–H and O–H groups in total. The van der Waals surface area contributed by atoms with Crippen molar-refractivity contribution in [2.24, 2.45) is 0 Å². The van der Waals surface area contributed by atoms with E-state index < -0.39 is 0 Å². The predicted molar refractivity (Wildman–Crippen MR) is 78.6 cm³/mol. The Balaban J connectivity index is 1.96. The molecule has 1 heterocycles. The van der Waals surface area contributed by atoms with Crippen molar-refractivity contribution < 1.29 is 4.79 Å². The van der Waals surface area contributed by atoms with Gasteiger partial charge in [-0.15, -0.1) is 0 Å². The van der Waals surface area contributed by atoms with Gasteiger partial charge in [-0.1, -0.05) is 24.3 Å². The fourth-order valence-electron chi connectivity index (χ4n) is 2.04. The maximum absolute atomic E-state index is 12.3. The average molecular weight is 274 g/mol. The van der Waals surface area contributed by atoms with E-state index in [2.05, 4.69) is 15.3 Å². The van der Waals surface area contributed by atoms with E-state index in [-0.39, 0.29) is 5.91 Å². The fourth-order valence-corrected chi connectivity index (χ4v) is 2.04. The number of hydrogen-bond acceptors (Lipinski definition) is 4. The number of carbonyl (C=O) groups excluding carboxylic acids is 1. The summed E-state index contributed by atoms with van der Waals surface area (Å²) in [5.74, 6) is -0.330. The van der Waals surface area contributed by atoms with Crippen molar-refractivity contribution >= 4 is 22.5 Å². The quantitative estimate of drug-likeness (QED) is 0.779. The van der Waals surface area contributed by atoms with Gasteiger partial charge in [-0.05, 0) is 24.3 Å². The lowest BCUT2D eigenvalue weighted by Gasteiger charge is -2.06. The largest absolute Gasteiger partial charge is 0.321 e. The van der Waals surface area contributed by atoms with Crippen LogP contribution in [0.25, 0.3) is 10.9 Å². The van der Waals surface area contributed by atoms with Crippen LogP contribution >= 0.6 is 0 Å². The SMILES string of the molecule is N#Cc1cccc(NC(=O)c2ncnc3ccccc23)c1. The van der Waals surface area contributed by atoms with Gasteiger partial charge >= 0.3 is 0 Å². The Labute approximate surface area is 120 Å². The highest BCUT2D eigenvalue weighted by Crippen LogP contribution is 2.16. The van der Waals surface area contributed by atoms with Crippen molar-refractivity contribution in [1.82, 2.24) is 9.97 Å². The second kappa shape index (κ2) is 5.39. The molecule has 3 rings (SSSR count). The topological polar surface area (TPSA) is 78.7 Å². The van der Waals surface area contributed by atoms with Crippen molar-refractivity contribution in [3.63, 3.8) is 0 Å². The van der Waals surface area contributed by atoms with Gasteiger partial charge in [0.1, 0.15) is 12.0 Å². The summed E-state index contributed by atoms with van der Waals surface area (Å²) < 4.78 is 0. The minimum atomic E-state index is -0.330. The second-order valence-corrected chi connectivity index (χ2v) is 4.39. The molecule has 0 spiro atoms. The molecule has 5 nitrogen and oxygen atoms in total. The number of amides is 1. The van der Waals surface area contributed by atoms with E-state index in [4.69, 9.17) is 5.26 Å². The molecule has 0 aliphatic heterocycles. The van der Waals surface area contributed by atoms with Crippen LogP contribution in [-0.4, -0.2) is 15.9 Å². The lowest BCUT2D eigenvalue weighted by atomic mass is 10.1. The lowest BCUT2D eigenvalue weighted by molar-refractivity contribution is 0.102. The van der Waals surface area contributed by atoms with Crippen LogP contribution in [0, 0.1) is 11.3 Å². The Kier molecular flexibility index (Phi) is 3.27. The average Bonchev–Trinajstić information content (AvgIpc) is 2.54. The molecule has 0 unspecified atom stereocenters. The number of benzene rings is 2. The van der Waals surface area contributed by atoms with Crippen LogP contribution in [0.3, 0.4) is 0 Å². The highest BCUT2D eigenvalue weighted by Gasteiger charge is 2.12. The molecule has 0 saturated heterocycles. The summed E-state index contributed by atoms with van der Waals surface area (Å²) in [7, 11) is 0. The molecule has 1 aromatic heterocycles. The first-order valence-electron chi connectivity index (χ1n) is 6.29. The van der Waals surface area contributed by atoms with Crippen LogP contribution in [0.2, 0.25) is 0 Å². The van der Waals surface area contributed by atoms with Gasteiger partial charge in [0.2, 0.25) is 0 Å². The molecule has 3 aromatic rings. The molecule has 1 amide bonds. The first-order chi connectivity index (χ1) is 10.3. The maximum Gasteiger partial charge on any atom is 0.275 e. The number of nitrogens with zero attached hydrogens (tertiary/aromatic N) is 3. The summed E-state index contributed by atoms with van der Waals surface area (Å²) in [6.07, 6.45) is 1.36. The third-order valence-corrected chi connectivity index (χ3v) is 3.01. The smallest absolute Gasteiger partial charge is 0.275 e. The number of nitriles is 1. The molecular weight excluding hydrogens is 264 g/mol.